The maximum absolute atomic E-state index is 13.1. The molecule has 1 amide bonds. The Hall–Kier alpha value is -2.03. The van der Waals surface area contributed by atoms with Crippen molar-refractivity contribution in [3.63, 3.8) is 0 Å². The largest absolute Gasteiger partial charge is 0.325 e. The molecule has 0 aliphatic rings. The summed E-state index contributed by atoms with van der Waals surface area (Å²) in [5.74, 6) is -2.22. The molecule has 0 aliphatic carbocycles. The van der Waals surface area contributed by atoms with Crippen molar-refractivity contribution in [1.82, 2.24) is 4.72 Å². The molecule has 0 unspecified atom stereocenters. The second-order valence-electron chi connectivity index (χ2n) is 3.01. The molecule has 17 heavy (non-hydrogen) atoms. The van der Waals surface area contributed by atoms with E-state index in [0.29, 0.717) is 0 Å². The van der Waals surface area contributed by atoms with Gasteiger partial charge in [-0.3, -0.25) is 14.9 Å². The third-order valence-electron chi connectivity index (χ3n) is 1.70. The van der Waals surface area contributed by atoms with Crippen molar-refractivity contribution in [3.05, 3.63) is 34.1 Å². The van der Waals surface area contributed by atoms with E-state index >= 15 is 0 Å². The van der Waals surface area contributed by atoms with Gasteiger partial charge in [-0.15, -0.1) is 0 Å². The van der Waals surface area contributed by atoms with Crippen LogP contribution in [0.25, 0.3) is 0 Å². The Labute approximate surface area is 95.5 Å². The number of sulfonamides is 1. The number of carbonyl (C=O) groups is 1. The molecule has 0 saturated heterocycles. The lowest BCUT2D eigenvalue weighted by Crippen LogP contribution is -2.28. The number of nitro groups is 1. The summed E-state index contributed by atoms with van der Waals surface area (Å²) in [6.07, 6.45) is 0. The van der Waals surface area contributed by atoms with Crippen LogP contribution in [0.5, 0.6) is 0 Å². The summed E-state index contributed by atoms with van der Waals surface area (Å²) in [6, 6.07) is 2.59. The van der Waals surface area contributed by atoms with Crippen LogP contribution in [-0.4, -0.2) is 19.2 Å². The van der Waals surface area contributed by atoms with Gasteiger partial charge in [0.2, 0.25) is 11.7 Å². The lowest BCUT2D eigenvalue weighted by atomic mass is 10.3. The number of nitrogens with one attached hydrogen (secondary N) is 1. The van der Waals surface area contributed by atoms with E-state index in [-0.39, 0.29) is 0 Å². The fraction of sp³-hybridized carbons (Fsp3) is 0.125. The number of benzene rings is 1. The van der Waals surface area contributed by atoms with Crippen molar-refractivity contribution in [2.75, 3.05) is 0 Å². The van der Waals surface area contributed by atoms with E-state index in [1.807, 2.05) is 0 Å². The van der Waals surface area contributed by atoms with E-state index in [4.69, 9.17) is 0 Å². The first kappa shape index (κ1) is 13.0. The van der Waals surface area contributed by atoms with E-state index in [1.54, 1.807) is 0 Å². The van der Waals surface area contributed by atoms with Crippen LogP contribution < -0.4 is 4.72 Å². The zero-order chi connectivity index (χ0) is 13.2. The normalized spacial score (nSPS) is 10.9. The van der Waals surface area contributed by atoms with Crippen LogP contribution in [0, 0.1) is 15.9 Å². The second kappa shape index (κ2) is 4.45. The zero-order valence-corrected chi connectivity index (χ0v) is 9.32. The van der Waals surface area contributed by atoms with Gasteiger partial charge >= 0.3 is 5.69 Å². The summed E-state index contributed by atoms with van der Waals surface area (Å²) >= 11 is 0. The summed E-state index contributed by atoms with van der Waals surface area (Å²) in [5.41, 5.74) is -1.19. The van der Waals surface area contributed by atoms with Crippen LogP contribution in [0.15, 0.2) is 23.1 Å². The molecule has 1 N–H and O–H groups in total. The Morgan fingerprint density at radius 3 is 2.53 bits per heavy atom. The van der Waals surface area contributed by atoms with E-state index in [0.717, 1.165) is 25.1 Å². The number of hydrogen-bond acceptors (Lipinski definition) is 5. The molecule has 0 saturated carbocycles. The van der Waals surface area contributed by atoms with Crippen LogP contribution in [0.4, 0.5) is 10.1 Å². The number of nitrogens with zero attached hydrogens (tertiary/aromatic N) is 1. The maximum Gasteiger partial charge on any atom is 0.325 e. The highest BCUT2D eigenvalue weighted by molar-refractivity contribution is 7.90. The van der Waals surface area contributed by atoms with Crippen molar-refractivity contribution < 1.29 is 22.5 Å². The quantitative estimate of drug-likeness (QED) is 0.632. The summed E-state index contributed by atoms with van der Waals surface area (Å²) in [5, 5.41) is 10.6. The minimum atomic E-state index is -4.44. The van der Waals surface area contributed by atoms with Crippen molar-refractivity contribution in [2.45, 2.75) is 11.8 Å². The Bertz CT molecular complexity index is 584. The summed E-state index contributed by atoms with van der Waals surface area (Å²) in [4.78, 5) is 19.2. The van der Waals surface area contributed by atoms with E-state index in [1.165, 1.54) is 4.72 Å². The van der Waals surface area contributed by atoms with E-state index < -0.39 is 37.3 Å². The number of hydrogen-bond donors (Lipinski definition) is 1. The second-order valence-corrected chi connectivity index (χ2v) is 4.66. The fourth-order valence-electron chi connectivity index (χ4n) is 1.13. The number of amides is 1. The first-order chi connectivity index (χ1) is 7.75. The molecule has 0 atom stereocenters. The Balaban J connectivity index is 3.47. The van der Waals surface area contributed by atoms with E-state index in [9.17, 15) is 27.7 Å². The number of carbonyl (C=O) groups excluding carboxylic acids is 1. The monoisotopic (exact) mass is 262 g/mol. The van der Waals surface area contributed by atoms with Crippen molar-refractivity contribution >= 4 is 21.6 Å². The van der Waals surface area contributed by atoms with Crippen molar-refractivity contribution in [2.24, 2.45) is 0 Å². The molecule has 1 aromatic carbocycles. The molecule has 0 bridgehead atoms. The van der Waals surface area contributed by atoms with E-state index in [2.05, 4.69) is 0 Å². The summed E-state index contributed by atoms with van der Waals surface area (Å²) in [6.45, 7) is 0.919. The Morgan fingerprint density at radius 2 is 2.06 bits per heavy atom. The van der Waals surface area contributed by atoms with Gasteiger partial charge < -0.3 is 0 Å². The number of halogens is 1. The lowest BCUT2D eigenvalue weighted by molar-refractivity contribution is -0.390. The SMILES string of the molecule is CC(=O)NS(=O)(=O)c1cccc(F)c1[N+](=O)[O-]. The minimum absolute atomic E-state index is 0.755. The molecule has 0 spiro atoms. The van der Waals surface area contributed by atoms with Crippen molar-refractivity contribution in [3.8, 4) is 0 Å². The molecule has 0 radical (unpaired) electrons. The smallest absolute Gasteiger partial charge is 0.274 e. The third kappa shape index (κ3) is 2.75. The average Bonchev–Trinajstić information content (AvgIpc) is 2.14. The van der Waals surface area contributed by atoms with Gasteiger partial charge in [-0.05, 0) is 12.1 Å². The van der Waals surface area contributed by atoms with Crippen LogP contribution >= 0.6 is 0 Å². The predicted molar refractivity (Wildman–Crippen MR) is 54.1 cm³/mol. The molecule has 9 heteroatoms. The number of rotatable bonds is 3. The molecule has 7 nitrogen and oxygen atoms in total. The highest BCUT2D eigenvalue weighted by Crippen LogP contribution is 2.26. The zero-order valence-electron chi connectivity index (χ0n) is 8.51. The molecule has 0 heterocycles. The van der Waals surface area contributed by atoms with Gasteiger partial charge in [-0.25, -0.2) is 13.1 Å². The molecule has 0 aromatic heterocycles. The molecule has 0 aliphatic heterocycles. The topological polar surface area (TPSA) is 106 Å². The van der Waals surface area contributed by atoms with Crippen LogP contribution in [0.1, 0.15) is 6.92 Å². The van der Waals surface area contributed by atoms with Gasteiger partial charge in [0.15, 0.2) is 4.90 Å². The van der Waals surface area contributed by atoms with Gasteiger partial charge in [0.1, 0.15) is 0 Å². The Kier molecular flexibility index (Phi) is 3.42. The summed E-state index contributed by atoms with van der Waals surface area (Å²) < 4.78 is 37.7. The lowest BCUT2D eigenvalue weighted by Gasteiger charge is -2.05. The summed E-state index contributed by atoms with van der Waals surface area (Å²) in [7, 11) is -4.44. The molecular weight excluding hydrogens is 255 g/mol. The standard InChI is InChI=1S/C8H7FN2O5S/c1-5(12)10-17(15,16)7-4-2-3-6(9)8(7)11(13)14/h2-4H,1H3,(H,10,12). The molecule has 92 valence electrons. The molecule has 0 fully saturated rings. The highest BCUT2D eigenvalue weighted by Gasteiger charge is 2.29. The molecule has 1 rings (SSSR count). The number of nitro benzene ring substituents is 1. The van der Waals surface area contributed by atoms with Gasteiger partial charge in [-0.2, -0.15) is 4.39 Å². The van der Waals surface area contributed by atoms with Gasteiger partial charge in [0.25, 0.3) is 10.0 Å². The maximum atomic E-state index is 13.1. The first-order valence-corrected chi connectivity index (χ1v) is 5.70. The van der Waals surface area contributed by atoms with Crippen LogP contribution in [0.2, 0.25) is 0 Å². The Morgan fingerprint density at radius 1 is 1.47 bits per heavy atom. The molecule has 1 aromatic rings. The first-order valence-electron chi connectivity index (χ1n) is 4.22. The highest BCUT2D eigenvalue weighted by atomic mass is 32.2. The average molecular weight is 262 g/mol. The van der Waals surface area contributed by atoms with Gasteiger partial charge in [0.05, 0.1) is 4.92 Å². The van der Waals surface area contributed by atoms with Gasteiger partial charge in [-0.1, -0.05) is 6.07 Å². The molecular formula is C8H7FN2O5S. The fourth-order valence-corrected chi connectivity index (χ4v) is 2.31. The predicted octanol–water partition coefficient (Wildman–Crippen LogP) is 0.559. The third-order valence-corrected chi connectivity index (χ3v) is 3.16. The minimum Gasteiger partial charge on any atom is -0.274 e. The van der Waals surface area contributed by atoms with Gasteiger partial charge in [0, 0.05) is 6.92 Å². The van der Waals surface area contributed by atoms with Crippen LogP contribution in [-0.2, 0) is 14.8 Å². The van der Waals surface area contributed by atoms with Crippen molar-refractivity contribution in [1.29, 1.82) is 0 Å². The number of para-hydroxylation sites is 1. The van der Waals surface area contributed by atoms with Crippen LogP contribution in [0.3, 0.4) is 0 Å².